The number of nitrogens with zero attached hydrogens (tertiary/aromatic N) is 1. The molecule has 1 unspecified atom stereocenters. The minimum Gasteiger partial charge on any atom is -0.456 e. The molecule has 5 heteroatoms. The van der Waals surface area contributed by atoms with E-state index in [0.29, 0.717) is 18.8 Å². The van der Waals surface area contributed by atoms with Crippen LogP contribution in [0, 0.1) is 5.92 Å². The lowest BCUT2D eigenvalue weighted by Crippen LogP contribution is -2.59. The van der Waals surface area contributed by atoms with Crippen molar-refractivity contribution >= 4 is 11.8 Å². The minimum absolute atomic E-state index is 0.0739. The molecule has 1 aromatic rings. The van der Waals surface area contributed by atoms with Crippen molar-refractivity contribution in [2.45, 2.75) is 33.2 Å². The molecule has 19 heavy (non-hydrogen) atoms. The Bertz CT molecular complexity index is 479. The van der Waals surface area contributed by atoms with Crippen LogP contribution in [0.4, 0.5) is 0 Å². The Hall–Kier alpha value is -1.78. The van der Waals surface area contributed by atoms with Crippen molar-refractivity contribution in [3.8, 4) is 0 Å². The smallest absolute Gasteiger partial charge is 0.290 e. The van der Waals surface area contributed by atoms with Crippen LogP contribution >= 0.6 is 0 Å². The van der Waals surface area contributed by atoms with E-state index in [2.05, 4.69) is 5.32 Å². The first kappa shape index (κ1) is 13.6. The maximum atomic E-state index is 12.4. The highest BCUT2D eigenvalue weighted by atomic mass is 16.4. The fourth-order valence-electron chi connectivity index (χ4n) is 2.40. The molecule has 0 spiro atoms. The van der Waals surface area contributed by atoms with Crippen LogP contribution in [-0.2, 0) is 11.2 Å². The van der Waals surface area contributed by atoms with Crippen molar-refractivity contribution in [3.05, 3.63) is 23.7 Å². The van der Waals surface area contributed by atoms with E-state index in [9.17, 15) is 9.59 Å². The molecule has 2 rings (SSSR count). The Morgan fingerprint density at radius 2 is 2.26 bits per heavy atom. The Balaban J connectivity index is 2.22. The van der Waals surface area contributed by atoms with E-state index < -0.39 is 6.04 Å². The zero-order chi connectivity index (χ0) is 14.0. The van der Waals surface area contributed by atoms with Crippen LogP contribution in [0.1, 0.15) is 37.1 Å². The van der Waals surface area contributed by atoms with Crippen LogP contribution < -0.4 is 5.32 Å². The third-order valence-electron chi connectivity index (χ3n) is 3.37. The van der Waals surface area contributed by atoms with Gasteiger partial charge in [-0.15, -0.1) is 0 Å². The molecule has 1 saturated heterocycles. The lowest BCUT2D eigenvalue weighted by Gasteiger charge is -2.36. The molecule has 2 heterocycles. The lowest BCUT2D eigenvalue weighted by atomic mass is 9.99. The zero-order valence-corrected chi connectivity index (χ0v) is 11.6. The molecule has 2 amide bonds. The molecular weight excluding hydrogens is 244 g/mol. The summed E-state index contributed by atoms with van der Waals surface area (Å²) in [6, 6.07) is 3.07. The minimum atomic E-state index is -0.420. The van der Waals surface area contributed by atoms with Gasteiger partial charge < -0.3 is 14.6 Å². The summed E-state index contributed by atoms with van der Waals surface area (Å²) in [6.07, 6.45) is 0.751. The Morgan fingerprint density at radius 3 is 2.84 bits per heavy atom. The number of carbonyl (C=O) groups is 2. The first-order valence-electron chi connectivity index (χ1n) is 6.72. The molecule has 1 aliphatic rings. The lowest BCUT2D eigenvalue weighted by molar-refractivity contribution is -0.129. The Labute approximate surface area is 113 Å². The van der Waals surface area contributed by atoms with Gasteiger partial charge in [-0.05, 0) is 18.1 Å². The maximum absolute atomic E-state index is 12.4. The number of piperazine rings is 1. The standard InChI is InChI=1S/C14H20N2O3/c1-4-10-5-6-11(19-10)14(18)16-8-7-15-13(17)12(16)9(2)3/h5-6,9,12H,4,7-8H2,1-3H3,(H,15,17). The first-order chi connectivity index (χ1) is 9.04. The first-order valence-corrected chi connectivity index (χ1v) is 6.72. The molecular formula is C14H20N2O3. The normalized spacial score (nSPS) is 19.7. The third-order valence-corrected chi connectivity index (χ3v) is 3.37. The van der Waals surface area contributed by atoms with Crippen molar-refractivity contribution in [3.63, 3.8) is 0 Å². The number of carbonyl (C=O) groups excluding carboxylic acids is 2. The maximum Gasteiger partial charge on any atom is 0.290 e. The quantitative estimate of drug-likeness (QED) is 0.898. The van der Waals surface area contributed by atoms with Gasteiger partial charge in [0.2, 0.25) is 5.91 Å². The van der Waals surface area contributed by atoms with Crippen LogP contribution in [0.3, 0.4) is 0 Å². The molecule has 0 saturated carbocycles. The number of amides is 2. The molecule has 0 aliphatic carbocycles. The summed E-state index contributed by atoms with van der Waals surface area (Å²) in [5, 5.41) is 2.80. The van der Waals surface area contributed by atoms with Gasteiger partial charge in [0.15, 0.2) is 5.76 Å². The second kappa shape index (κ2) is 5.47. The number of hydrogen-bond acceptors (Lipinski definition) is 3. The molecule has 1 atom stereocenters. The number of hydrogen-bond donors (Lipinski definition) is 1. The number of furan rings is 1. The molecule has 0 radical (unpaired) electrons. The zero-order valence-electron chi connectivity index (χ0n) is 11.6. The second-order valence-corrected chi connectivity index (χ2v) is 5.10. The third kappa shape index (κ3) is 2.64. The van der Waals surface area contributed by atoms with E-state index >= 15 is 0 Å². The van der Waals surface area contributed by atoms with E-state index in [0.717, 1.165) is 12.2 Å². The SMILES string of the molecule is CCc1ccc(C(=O)N2CCNC(=O)C2C(C)C)o1. The predicted molar refractivity (Wildman–Crippen MR) is 70.8 cm³/mol. The summed E-state index contributed by atoms with van der Waals surface area (Å²) in [7, 11) is 0. The molecule has 1 aromatic heterocycles. The molecule has 5 nitrogen and oxygen atoms in total. The van der Waals surface area contributed by atoms with Crippen LogP contribution in [0.2, 0.25) is 0 Å². The summed E-state index contributed by atoms with van der Waals surface area (Å²) < 4.78 is 5.49. The molecule has 1 N–H and O–H groups in total. The van der Waals surface area contributed by atoms with Crippen LogP contribution in [-0.4, -0.2) is 35.8 Å². The van der Waals surface area contributed by atoms with E-state index in [1.807, 2.05) is 26.8 Å². The fraction of sp³-hybridized carbons (Fsp3) is 0.571. The van der Waals surface area contributed by atoms with Gasteiger partial charge in [0.05, 0.1) is 0 Å². The molecule has 1 aliphatic heterocycles. The highest BCUT2D eigenvalue weighted by Gasteiger charge is 2.36. The summed E-state index contributed by atoms with van der Waals surface area (Å²) >= 11 is 0. The number of rotatable bonds is 3. The Kier molecular flexibility index (Phi) is 3.93. The highest BCUT2D eigenvalue weighted by molar-refractivity contribution is 5.96. The summed E-state index contributed by atoms with van der Waals surface area (Å²) in [6.45, 7) is 6.87. The topological polar surface area (TPSA) is 62.6 Å². The summed E-state index contributed by atoms with van der Waals surface area (Å²) in [5.74, 6) is 0.887. The summed E-state index contributed by atoms with van der Waals surface area (Å²) in [5.41, 5.74) is 0. The average Bonchev–Trinajstić information content (AvgIpc) is 2.85. The molecule has 1 fully saturated rings. The number of aryl methyl sites for hydroxylation is 1. The van der Waals surface area contributed by atoms with Crippen molar-refractivity contribution in [2.24, 2.45) is 5.92 Å². The fourth-order valence-corrected chi connectivity index (χ4v) is 2.40. The van der Waals surface area contributed by atoms with Gasteiger partial charge in [-0.1, -0.05) is 20.8 Å². The van der Waals surface area contributed by atoms with Crippen LogP contribution in [0.25, 0.3) is 0 Å². The van der Waals surface area contributed by atoms with Gasteiger partial charge >= 0.3 is 0 Å². The van der Waals surface area contributed by atoms with Crippen molar-refractivity contribution in [1.29, 1.82) is 0 Å². The largest absolute Gasteiger partial charge is 0.456 e. The van der Waals surface area contributed by atoms with Crippen molar-refractivity contribution in [1.82, 2.24) is 10.2 Å². The summed E-state index contributed by atoms with van der Waals surface area (Å²) in [4.78, 5) is 26.0. The van der Waals surface area contributed by atoms with Gasteiger partial charge in [-0.3, -0.25) is 9.59 Å². The predicted octanol–water partition coefficient (Wildman–Crippen LogP) is 1.44. The van der Waals surface area contributed by atoms with Crippen LogP contribution in [0.15, 0.2) is 16.5 Å². The second-order valence-electron chi connectivity index (χ2n) is 5.10. The average molecular weight is 264 g/mol. The Morgan fingerprint density at radius 1 is 1.53 bits per heavy atom. The molecule has 0 bridgehead atoms. The van der Waals surface area contributed by atoms with Crippen molar-refractivity contribution in [2.75, 3.05) is 13.1 Å². The van der Waals surface area contributed by atoms with Crippen molar-refractivity contribution < 1.29 is 14.0 Å². The van der Waals surface area contributed by atoms with E-state index in [-0.39, 0.29) is 17.7 Å². The van der Waals surface area contributed by atoms with Gasteiger partial charge in [0, 0.05) is 19.5 Å². The highest BCUT2D eigenvalue weighted by Crippen LogP contribution is 2.19. The van der Waals surface area contributed by atoms with Crippen LogP contribution in [0.5, 0.6) is 0 Å². The van der Waals surface area contributed by atoms with Gasteiger partial charge in [-0.2, -0.15) is 0 Å². The van der Waals surface area contributed by atoms with Gasteiger partial charge in [0.25, 0.3) is 5.91 Å². The monoisotopic (exact) mass is 264 g/mol. The van der Waals surface area contributed by atoms with Gasteiger partial charge in [-0.25, -0.2) is 0 Å². The molecule has 0 aromatic carbocycles. The van der Waals surface area contributed by atoms with Gasteiger partial charge in [0.1, 0.15) is 11.8 Å². The number of nitrogens with one attached hydrogen (secondary N) is 1. The van der Waals surface area contributed by atoms with E-state index in [1.54, 1.807) is 11.0 Å². The molecule has 104 valence electrons. The van der Waals surface area contributed by atoms with E-state index in [4.69, 9.17) is 4.42 Å². The van der Waals surface area contributed by atoms with E-state index in [1.165, 1.54) is 0 Å².